The molecule has 0 fully saturated rings. The van der Waals surface area contributed by atoms with Crippen molar-refractivity contribution in [1.82, 2.24) is 24.7 Å². The highest BCUT2D eigenvalue weighted by atomic mass is 35.5. The van der Waals surface area contributed by atoms with Crippen LogP contribution in [0.25, 0.3) is 5.69 Å². The second-order valence-corrected chi connectivity index (χ2v) is 7.07. The summed E-state index contributed by atoms with van der Waals surface area (Å²) in [4.78, 5) is 11.9. The van der Waals surface area contributed by atoms with Crippen molar-refractivity contribution >= 4 is 40.5 Å². The molecule has 4 aromatic rings. The van der Waals surface area contributed by atoms with Crippen molar-refractivity contribution < 1.29 is 9.32 Å². The Bertz CT molecular complexity index is 1170. The van der Waals surface area contributed by atoms with E-state index in [1.165, 1.54) is 4.68 Å². The summed E-state index contributed by atoms with van der Waals surface area (Å²) in [6, 6.07) is 6.90. The van der Waals surface area contributed by atoms with Gasteiger partial charge in [0.1, 0.15) is 17.1 Å². The highest BCUT2D eigenvalue weighted by Gasteiger charge is 2.18. The largest absolute Gasteiger partial charge is 0.364 e. The number of aromatic nitrogens is 5. The molecule has 148 valence electrons. The molecular weight excluding hydrogens is 417 g/mol. The Morgan fingerprint density at radius 2 is 2.03 bits per heavy atom. The number of aryl methyl sites for hydroxylation is 1. The van der Waals surface area contributed by atoms with Gasteiger partial charge >= 0.3 is 0 Å². The van der Waals surface area contributed by atoms with Crippen molar-refractivity contribution in [3.8, 4) is 5.69 Å². The first-order chi connectivity index (χ1) is 13.9. The van der Waals surface area contributed by atoms with E-state index in [4.69, 9.17) is 33.5 Å². The lowest BCUT2D eigenvalue weighted by atomic mass is 10.3. The third-order valence-corrected chi connectivity index (χ3v) is 4.64. The van der Waals surface area contributed by atoms with Crippen LogP contribution in [0.1, 0.15) is 21.9 Å². The number of anilines is 2. The van der Waals surface area contributed by atoms with E-state index in [2.05, 4.69) is 20.7 Å². The van der Waals surface area contributed by atoms with Gasteiger partial charge in [-0.2, -0.15) is 10.2 Å². The molecule has 3 aromatic heterocycles. The average Bonchev–Trinajstić information content (AvgIpc) is 3.37. The number of nitrogens with zero attached hydrogens (tertiary/aromatic N) is 5. The van der Waals surface area contributed by atoms with Gasteiger partial charge in [0.15, 0.2) is 5.69 Å². The van der Waals surface area contributed by atoms with Gasteiger partial charge in [-0.3, -0.25) is 9.48 Å². The molecule has 0 spiro atoms. The van der Waals surface area contributed by atoms with Crippen molar-refractivity contribution in [2.75, 3.05) is 5.32 Å². The molecule has 0 saturated heterocycles. The van der Waals surface area contributed by atoms with Crippen LogP contribution in [0.4, 0.5) is 11.4 Å². The minimum atomic E-state index is -0.695. The molecular formula is C18H15Cl2N7O2. The predicted molar refractivity (Wildman–Crippen MR) is 108 cm³/mol. The van der Waals surface area contributed by atoms with Gasteiger partial charge in [0.2, 0.25) is 0 Å². The molecule has 9 nitrogen and oxygen atoms in total. The SMILES string of the molecule is Cc1cc(Cn2cc(Nc3cn(-c4c(Cl)cccc4Cl)nc3C(N)=O)cn2)no1. The van der Waals surface area contributed by atoms with Crippen molar-refractivity contribution in [3.05, 3.63) is 70.0 Å². The molecule has 1 aromatic carbocycles. The Labute approximate surface area is 175 Å². The molecule has 3 heterocycles. The second kappa shape index (κ2) is 7.61. The predicted octanol–water partition coefficient (Wildman–Crippen LogP) is 3.56. The highest BCUT2D eigenvalue weighted by molar-refractivity contribution is 6.37. The maximum Gasteiger partial charge on any atom is 0.271 e. The highest BCUT2D eigenvalue weighted by Crippen LogP contribution is 2.30. The number of hydrogen-bond donors (Lipinski definition) is 2. The molecule has 0 saturated carbocycles. The topological polar surface area (TPSA) is 117 Å². The normalized spacial score (nSPS) is 11.0. The van der Waals surface area contributed by atoms with E-state index in [0.29, 0.717) is 33.7 Å². The van der Waals surface area contributed by atoms with Crippen LogP contribution >= 0.6 is 23.2 Å². The molecule has 11 heteroatoms. The molecule has 4 rings (SSSR count). The minimum absolute atomic E-state index is 0.0425. The summed E-state index contributed by atoms with van der Waals surface area (Å²) >= 11 is 12.5. The second-order valence-electron chi connectivity index (χ2n) is 6.25. The summed E-state index contributed by atoms with van der Waals surface area (Å²) in [5.41, 5.74) is 7.75. The van der Waals surface area contributed by atoms with Gasteiger partial charge in [-0.05, 0) is 19.1 Å². The first kappa shape index (κ1) is 19.0. The van der Waals surface area contributed by atoms with Crippen molar-refractivity contribution in [1.29, 1.82) is 0 Å². The quantitative estimate of drug-likeness (QED) is 0.481. The zero-order chi connectivity index (χ0) is 20.5. The number of amides is 1. The Kier molecular flexibility index (Phi) is 4.99. The van der Waals surface area contributed by atoms with Gasteiger partial charge in [0.25, 0.3) is 5.91 Å². The summed E-state index contributed by atoms with van der Waals surface area (Å²) in [5, 5.41) is 16.3. The smallest absolute Gasteiger partial charge is 0.271 e. The molecule has 0 aliphatic rings. The molecule has 0 bridgehead atoms. The average molecular weight is 432 g/mol. The minimum Gasteiger partial charge on any atom is -0.364 e. The van der Waals surface area contributed by atoms with Gasteiger partial charge in [-0.1, -0.05) is 34.4 Å². The van der Waals surface area contributed by atoms with E-state index in [0.717, 1.165) is 11.5 Å². The number of carbonyl (C=O) groups is 1. The molecule has 0 unspecified atom stereocenters. The van der Waals surface area contributed by atoms with Gasteiger partial charge in [0.05, 0.1) is 40.4 Å². The number of para-hydroxylation sites is 1. The first-order valence-corrected chi connectivity index (χ1v) is 9.22. The van der Waals surface area contributed by atoms with Crippen LogP contribution in [-0.4, -0.2) is 30.6 Å². The molecule has 0 atom stereocenters. The van der Waals surface area contributed by atoms with Crippen molar-refractivity contribution in [2.24, 2.45) is 5.73 Å². The fourth-order valence-corrected chi connectivity index (χ4v) is 3.37. The lowest BCUT2D eigenvalue weighted by molar-refractivity contribution is 0.0996. The third kappa shape index (κ3) is 3.96. The third-order valence-electron chi connectivity index (χ3n) is 4.03. The van der Waals surface area contributed by atoms with Gasteiger partial charge in [0, 0.05) is 12.3 Å². The molecule has 0 aliphatic carbocycles. The number of hydrogen-bond acceptors (Lipinski definition) is 6. The van der Waals surface area contributed by atoms with Crippen LogP contribution in [0.15, 0.2) is 47.4 Å². The summed E-state index contributed by atoms with van der Waals surface area (Å²) < 4.78 is 8.15. The summed E-state index contributed by atoms with van der Waals surface area (Å²) in [7, 11) is 0. The van der Waals surface area contributed by atoms with E-state index < -0.39 is 5.91 Å². The number of nitrogens with two attached hydrogens (primary N) is 1. The maximum atomic E-state index is 11.9. The van der Waals surface area contributed by atoms with Crippen LogP contribution < -0.4 is 11.1 Å². The molecule has 1 amide bonds. The maximum absolute atomic E-state index is 11.9. The Morgan fingerprint density at radius 1 is 1.28 bits per heavy atom. The molecule has 0 radical (unpaired) electrons. The number of carbonyl (C=O) groups excluding carboxylic acids is 1. The summed E-state index contributed by atoms with van der Waals surface area (Å²) in [6.07, 6.45) is 4.96. The van der Waals surface area contributed by atoms with Crippen LogP contribution in [-0.2, 0) is 6.54 Å². The Hall–Kier alpha value is -3.30. The van der Waals surface area contributed by atoms with Crippen LogP contribution in [0.3, 0.4) is 0 Å². The molecule has 29 heavy (non-hydrogen) atoms. The number of halogens is 2. The fraction of sp³-hybridized carbons (Fsp3) is 0.111. The van der Waals surface area contributed by atoms with Crippen LogP contribution in [0.5, 0.6) is 0 Å². The number of benzene rings is 1. The summed E-state index contributed by atoms with van der Waals surface area (Å²) in [5.74, 6) is 0.0298. The van der Waals surface area contributed by atoms with Crippen molar-refractivity contribution in [2.45, 2.75) is 13.5 Å². The lowest BCUT2D eigenvalue weighted by Gasteiger charge is -2.06. The molecule has 3 N–H and O–H groups in total. The zero-order valence-corrected chi connectivity index (χ0v) is 16.6. The zero-order valence-electron chi connectivity index (χ0n) is 15.1. The standard InChI is InChI=1S/C18H15Cl2N7O2/c1-10-5-11(25-29-10)7-26-8-12(6-22-26)23-15-9-27(24-16(15)18(21)28)17-13(19)3-2-4-14(17)20/h2-6,8-9,23H,7H2,1H3,(H2,21,28). The summed E-state index contributed by atoms with van der Waals surface area (Å²) in [6.45, 7) is 2.26. The number of nitrogens with one attached hydrogen (secondary N) is 1. The monoisotopic (exact) mass is 431 g/mol. The van der Waals surface area contributed by atoms with E-state index in [1.54, 1.807) is 41.5 Å². The Balaban J connectivity index is 1.62. The lowest BCUT2D eigenvalue weighted by Crippen LogP contribution is -2.14. The van der Waals surface area contributed by atoms with E-state index in [1.807, 2.05) is 13.0 Å². The van der Waals surface area contributed by atoms with Gasteiger partial charge in [-0.25, -0.2) is 4.68 Å². The van der Waals surface area contributed by atoms with Crippen LogP contribution in [0.2, 0.25) is 10.0 Å². The number of primary amides is 1. The van der Waals surface area contributed by atoms with Crippen molar-refractivity contribution in [3.63, 3.8) is 0 Å². The molecule has 0 aliphatic heterocycles. The van der Waals surface area contributed by atoms with Gasteiger partial charge in [-0.15, -0.1) is 0 Å². The van der Waals surface area contributed by atoms with E-state index >= 15 is 0 Å². The van der Waals surface area contributed by atoms with Gasteiger partial charge < -0.3 is 15.6 Å². The Morgan fingerprint density at radius 3 is 2.69 bits per heavy atom. The van der Waals surface area contributed by atoms with E-state index in [9.17, 15) is 4.79 Å². The number of rotatable bonds is 6. The van der Waals surface area contributed by atoms with E-state index in [-0.39, 0.29) is 5.69 Å². The van der Waals surface area contributed by atoms with Crippen LogP contribution in [0, 0.1) is 6.92 Å². The fourth-order valence-electron chi connectivity index (χ4n) is 2.80. The first-order valence-electron chi connectivity index (χ1n) is 8.46.